The average molecular weight is 395 g/mol. The van der Waals surface area contributed by atoms with Gasteiger partial charge in [-0.25, -0.2) is 9.97 Å². The summed E-state index contributed by atoms with van der Waals surface area (Å²) in [6, 6.07) is 1.96. The normalized spacial score (nSPS) is 22.5. The monoisotopic (exact) mass is 395 g/mol. The predicted molar refractivity (Wildman–Crippen MR) is 98.9 cm³/mol. The van der Waals surface area contributed by atoms with Crippen LogP contribution in [-0.4, -0.2) is 54.9 Å². The summed E-state index contributed by atoms with van der Waals surface area (Å²) in [6.45, 7) is 3.38. The van der Waals surface area contributed by atoms with Crippen molar-refractivity contribution in [3.63, 3.8) is 0 Å². The lowest BCUT2D eigenvalue weighted by atomic mass is 9.91. The summed E-state index contributed by atoms with van der Waals surface area (Å²) in [5, 5.41) is 10.4. The molecule has 3 aromatic heterocycles. The lowest BCUT2D eigenvalue weighted by Gasteiger charge is -2.23. The molecule has 0 amide bonds. The second-order valence-electron chi connectivity index (χ2n) is 7.56. The number of alkyl halides is 3. The number of nitrogens with zero attached hydrogens (tertiary/aromatic N) is 4. The van der Waals surface area contributed by atoms with E-state index in [0.29, 0.717) is 19.0 Å². The summed E-state index contributed by atoms with van der Waals surface area (Å²) in [5.74, 6) is 0.456. The quantitative estimate of drug-likeness (QED) is 0.668. The van der Waals surface area contributed by atoms with Crippen LogP contribution in [0.5, 0.6) is 0 Å². The van der Waals surface area contributed by atoms with Crippen molar-refractivity contribution in [3.05, 3.63) is 30.4 Å². The molecular weight excluding hydrogens is 371 g/mol. The van der Waals surface area contributed by atoms with Gasteiger partial charge in [0.2, 0.25) is 0 Å². The van der Waals surface area contributed by atoms with Gasteiger partial charge in [-0.1, -0.05) is 13.3 Å². The Morgan fingerprint density at radius 1 is 1.29 bits per heavy atom. The van der Waals surface area contributed by atoms with Gasteiger partial charge in [0.15, 0.2) is 11.3 Å². The van der Waals surface area contributed by atoms with Gasteiger partial charge in [0.25, 0.3) is 0 Å². The van der Waals surface area contributed by atoms with Crippen molar-refractivity contribution in [1.29, 1.82) is 0 Å². The molecule has 1 saturated heterocycles. The van der Waals surface area contributed by atoms with E-state index in [9.17, 15) is 18.3 Å². The molecular formula is C19H24F3N5O. The minimum absolute atomic E-state index is 0.0616. The number of aliphatic hydroxyl groups excluding tert-OH is 1. The summed E-state index contributed by atoms with van der Waals surface area (Å²) >= 11 is 0. The fourth-order valence-corrected chi connectivity index (χ4v) is 4.32. The first-order valence-electron chi connectivity index (χ1n) is 9.65. The van der Waals surface area contributed by atoms with Crippen LogP contribution in [0.15, 0.2) is 24.7 Å². The van der Waals surface area contributed by atoms with Gasteiger partial charge in [-0.3, -0.25) is 9.30 Å². The second-order valence-corrected chi connectivity index (χ2v) is 7.56. The molecule has 0 radical (unpaired) electrons. The Morgan fingerprint density at radius 2 is 2.11 bits per heavy atom. The van der Waals surface area contributed by atoms with Gasteiger partial charge in [0.1, 0.15) is 6.23 Å². The van der Waals surface area contributed by atoms with E-state index in [4.69, 9.17) is 0 Å². The Kier molecular flexibility index (Phi) is 5.05. The van der Waals surface area contributed by atoms with Crippen LogP contribution in [-0.2, 0) is 0 Å². The van der Waals surface area contributed by atoms with Crippen molar-refractivity contribution in [1.82, 2.24) is 24.3 Å². The number of hydrogen-bond donors (Lipinski definition) is 2. The van der Waals surface area contributed by atoms with E-state index < -0.39 is 18.8 Å². The Hall–Kier alpha value is -2.13. The molecule has 0 bridgehead atoms. The topological polar surface area (TPSA) is 69.4 Å². The lowest BCUT2D eigenvalue weighted by Crippen LogP contribution is -2.33. The van der Waals surface area contributed by atoms with Gasteiger partial charge in [0.05, 0.1) is 11.7 Å². The van der Waals surface area contributed by atoms with Crippen LogP contribution in [0.25, 0.3) is 16.8 Å². The molecule has 0 aromatic carbocycles. The average Bonchev–Trinajstić information content (AvgIpc) is 3.36. The summed E-state index contributed by atoms with van der Waals surface area (Å²) in [6.07, 6.45) is 0.521. The number of aromatic amines is 1. The summed E-state index contributed by atoms with van der Waals surface area (Å²) in [5.41, 5.74) is 3.55. The minimum atomic E-state index is -4.17. The molecule has 1 unspecified atom stereocenters. The SMILES string of the molecule is CC[C@@H]1CN(C(O)CCCC(F)(F)F)C[C@@H]1c1cnc2cnc3[nH]ccc3n12. The third-order valence-electron chi connectivity index (χ3n) is 5.79. The molecule has 4 rings (SSSR count). The number of hydrogen-bond acceptors (Lipinski definition) is 4. The van der Waals surface area contributed by atoms with Gasteiger partial charge in [-0.05, 0) is 24.8 Å². The number of aliphatic hydroxyl groups is 1. The lowest BCUT2D eigenvalue weighted by molar-refractivity contribution is -0.137. The molecule has 0 spiro atoms. The highest BCUT2D eigenvalue weighted by Gasteiger charge is 2.37. The van der Waals surface area contributed by atoms with E-state index in [-0.39, 0.29) is 18.8 Å². The number of imidazole rings is 1. The molecule has 0 saturated carbocycles. The van der Waals surface area contributed by atoms with E-state index in [1.165, 1.54) is 0 Å². The fraction of sp³-hybridized carbons (Fsp3) is 0.579. The predicted octanol–water partition coefficient (Wildman–Crippen LogP) is 3.69. The summed E-state index contributed by atoms with van der Waals surface area (Å²) < 4.78 is 39.2. The number of rotatable bonds is 6. The zero-order valence-electron chi connectivity index (χ0n) is 15.7. The molecule has 1 aliphatic rings. The Bertz CT molecular complexity index is 950. The van der Waals surface area contributed by atoms with Crippen molar-refractivity contribution < 1.29 is 18.3 Å². The van der Waals surface area contributed by atoms with Crippen LogP contribution < -0.4 is 0 Å². The van der Waals surface area contributed by atoms with E-state index in [0.717, 1.165) is 28.9 Å². The van der Waals surface area contributed by atoms with Crippen LogP contribution >= 0.6 is 0 Å². The first-order chi connectivity index (χ1) is 13.4. The standard InChI is InChI=1S/C19H24F3N5O/c1-2-12-10-26(17(28)4-3-6-19(20,21)22)11-13(12)15-8-24-16-9-25-18-14(27(15)16)5-7-23-18/h5,7-9,12-13,17,23,28H,2-4,6,10-11H2,1H3/t12-,13+,17?/m1/s1. The number of halogens is 3. The van der Waals surface area contributed by atoms with Crippen molar-refractivity contribution >= 4 is 16.8 Å². The molecule has 1 aliphatic heterocycles. The van der Waals surface area contributed by atoms with Crippen molar-refractivity contribution in [2.45, 2.75) is 50.9 Å². The molecule has 9 heteroatoms. The molecule has 6 nitrogen and oxygen atoms in total. The number of nitrogens with one attached hydrogen (secondary N) is 1. The van der Waals surface area contributed by atoms with Gasteiger partial charge in [0, 0.05) is 43.5 Å². The highest BCUT2D eigenvalue weighted by Crippen LogP contribution is 2.37. The Balaban J connectivity index is 1.55. The first-order valence-corrected chi connectivity index (χ1v) is 9.65. The molecule has 28 heavy (non-hydrogen) atoms. The Morgan fingerprint density at radius 3 is 2.86 bits per heavy atom. The minimum Gasteiger partial charge on any atom is -0.378 e. The highest BCUT2D eigenvalue weighted by molar-refractivity contribution is 5.74. The third kappa shape index (κ3) is 3.60. The number of likely N-dealkylation sites (tertiary alicyclic amines) is 1. The zero-order chi connectivity index (χ0) is 19.9. The number of fused-ring (bicyclic) bond motifs is 3. The summed E-state index contributed by atoms with van der Waals surface area (Å²) in [4.78, 5) is 13.9. The van der Waals surface area contributed by atoms with E-state index in [1.807, 2.05) is 23.4 Å². The molecule has 0 aliphatic carbocycles. The smallest absolute Gasteiger partial charge is 0.378 e. The maximum absolute atomic E-state index is 12.4. The second kappa shape index (κ2) is 7.36. The van der Waals surface area contributed by atoms with Crippen molar-refractivity contribution in [2.24, 2.45) is 5.92 Å². The maximum atomic E-state index is 12.4. The van der Waals surface area contributed by atoms with E-state index >= 15 is 0 Å². The zero-order valence-corrected chi connectivity index (χ0v) is 15.7. The van der Waals surface area contributed by atoms with Crippen molar-refractivity contribution in [3.8, 4) is 0 Å². The molecule has 3 atom stereocenters. The summed E-state index contributed by atoms with van der Waals surface area (Å²) in [7, 11) is 0. The van der Waals surface area contributed by atoms with Gasteiger partial charge in [-0.15, -0.1) is 0 Å². The van der Waals surface area contributed by atoms with Crippen LogP contribution in [0.4, 0.5) is 13.2 Å². The molecule has 152 valence electrons. The van der Waals surface area contributed by atoms with E-state index in [1.54, 1.807) is 6.20 Å². The fourth-order valence-electron chi connectivity index (χ4n) is 4.32. The van der Waals surface area contributed by atoms with Crippen LogP contribution in [0.3, 0.4) is 0 Å². The maximum Gasteiger partial charge on any atom is 0.389 e. The van der Waals surface area contributed by atoms with E-state index in [2.05, 4.69) is 26.3 Å². The van der Waals surface area contributed by atoms with Crippen LogP contribution in [0.1, 0.15) is 44.2 Å². The van der Waals surface area contributed by atoms with Gasteiger partial charge >= 0.3 is 6.18 Å². The molecule has 2 N–H and O–H groups in total. The van der Waals surface area contributed by atoms with Crippen molar-refractivity contribution in [2.75, 3.05) is 13.1 Å². The molecule has 4 heterocycles. The highest BCUT2D eigenvalue weighted by atomic mass is 19.4. The Labute approximate surface area is 160 Å². The number of aromatic nitrogens is 4. The van der Waals surface area contributed by atoms with Crippen LogP contribution in [0.2, 0.25) is 0 Å². The van der Waals surface area contributed by atoms with Gasteiger partial charge < -0.3 is 10.1 Å². The molecule has 1 fully saturated rings. The first kappa shape index (κ1) is 19.2. The van der Waals surface area contributed by atoms with Crippen LogP contribution in [0, 0.1) is 5.92 Å². The third-order valence-corrected chi connectivity index (χ3v) is 5.79. The molecule has 3 aromatic rings. The number of H-pyrrole nitrogens is 1. The van der Waals surface area contributed by atoms with Gasteiger partial charge in [-0.2, -0.15) is 13.2 Å². The largest absolute Gasteiger partial charge is 0.389 e.